The summed E-state index contributed by atoms with van der Waals surface area (Å²) in [4.78, 5) is 20.7. The van der Waals surface area contributed by atoms with Gasteiger partial charge in [0.05, 0.1) is 11.9 Å². The van der Waals surface area contributed by atoms with Crippen LogP contribution < -0.4 is 10.2 Å². The molecule has 150 valence electrons. The van der Waals surface area contributed by atoms with Crippen LogP contribution in [0.15, 0.2) is 41.7 Å². The SMILES string of the molecule is CN=C(NCCSCc1ccc(C)cc1)N1CCN(c2cnn(C)c2)C(=O)C1. The number of benzene rings is 1. The Bertz CT molecular complexity index is 816. The highest BCUT2D eigenvalue weighted by atomic mass is 32.2. The molecule has 1 aromatic carbocycles. The number of amides is 1. The summed E-state index contributed by atoms with van der Waals surface area (Å²) in [5, 5.41) is 7.53. The molecule has 0 aliphatic carbocycles. The maximum Gasteiger partial charge on any atom is 0.246 e. The Morgan fingerprint density at radius 3 is 2.71 bits per heavy atom. The fourth-order valence-corrected chi connectivity index (χ4v) is 3.94. The minimum Gasteiger partial charge on any atom is -0.355 e. The van der Waals surface area contributed by atoms with E-state index < -0.39 is 0 Å². The first-order valence-corrected chi connectivity index (χ1v) is 10.6. The van der Waals surface area contributed by atoms with Crippen LogP contribution in [-0.4, -0.2) is 65.5 Å². The lowest BCUT2D eigenvalue weighted by Crippen LogP contribution is -2.55. The number of aryl methyl sites for hydroxylation is 2. The number of carbonyl (C=O) groups is 1. The number of aromatic nitrogens is 2. The summed E-state index contributed by atoms with van der Waals surface area (Å²) in [5.41, 5.74) is 3.48. The van der Waals surface area contributed by atoms with Crippen LogP contribution in [0.1, 0.15) is 11.1 Å². The summed E-state index contributed by atoms with van der Waals surface area (Å²) in [5.74, 6) is 2.84. The van der Waals surface area contributed by atoms with Crippen molar-refractivity contribution in [2.45, 2.75) is 12.7 Å². The van der Waals surface area contributed by atoms with E-state index in [1.165, 1.54) is 11.1 Å². The average Bonchev–Trinajstić information content (AvgIpc) is 3.12. The monoisotopic (exact) mass is 400 g/mol. The average molecular weight is 401 g/mol. The van der Waals surface area contributed by atoms with Gasteiger partial charge in [0.15, 0.2) is 5.96 Å². The van der Waals surface area contributed by atoms with E-state index in [4.69, 9.17) is 0 Å². The van der Waals surface area contributed by atoms with E-state index in [0.717, 1.165) is 36.2 Å². The Kier molecular flexibility index (Phi) is 6.97. The summed E-state index contributed by atoms with van der Waals surface area (Å²) in [6.45, 7) is 4.63. The summed E-state index contributed by atoms with van der Waals surface area (Å²) in [6, 6.07) is 8.67. The summed E-state index contributed by atoms with van der Waals surface area (Å²) < 4.78 is 1.71. The molecule has 1 saturated heterocycles. The van der Waals surface area contributed by atoms with Crippen LogP contribution in [0.3, 0.4) is 0 Å². The van der Waals surface area contributed by atoms with Crippen LogP contribution in [0.4, 0.5) is 5.69 Å². The number of anilines is 1. The Morgan fingerprint density at radius 1 is 1.29 bits per heavy atom. The highest BCUT2D eigenvalue weighted by molar-refractivity contribution is 7.98. The van der Waals surface area contributed by atoms with E-state index >= 15 is 0 Å². The van der Waals surface area contributed by atoms with Crippen LogP contribution >= 0.6 is 11.8 Å². The molecule has 1 aliphatic rings. The number of thioether (sulfide) groups is 1. The van der Waals surface area contributed by atoms with Gasteiger partial charge in [0.1, 0.15) is 6.54 Å². The molecule has 2 heterocycles. The van der Waals surface area contributed by atoms with Crippen molar-refractivity contribution in [2.24, 2.45) is 12.0 Å². The van der Waals surface area contributed by atoms with Crippen LogP contribution in [0.2, 0.25) is 0 Å². The third-order valence-electron chi connectivity index (χ3n) is 4.65. The maximum atomic E-state index is 12.6. The van der Waals surface area contributed by atoms with Crippen molar-refractivity contribution in [3.63, 3.8) is 0 Å². The molecule has 0 unspecified atom stereocenters. The van der Waals surface area contributed by atoms with Crippen molar-refractivity contribution in [1.82, 2.24) is 20.0 Å². The van der Waals surface area contributed by atoms with Crippen molar-refractivity contribution in [3.8, 4) is 0 Å². The molecule has 1 N–H and O–H groups in total. The van der Waals surface area contributed by atoms with Crippen LogP contribution in [0.5, 0.6) is 0 Å². The van der Waals surface area contributed by atoms with E-state index in [2.05, 4.69) is 46.6 Å². The molecule has 0 spiro atoms. The number of carbonyl (C=O) groups excluding carboxylic acids is 1. The molecule has 8 heteroatoms. The number of piperazine rings is 1. The van der Waals surface area contributed by atoms with Gasteiger partial charge in [-0.1, -0.05) is 29.8 Å². The van der Waals surface area contributed by atoms with Crippen molar-refractivity contribution in [1.29, 1.82) is 0 Å². The first kappa shape index (κ1) is 20.3. The molecular formula is C20H28N6OS. The molecule has 2 aromatic rings. The zero-order valence-corrected chi connectivity index (χ0v) is 17.6. The number of nitrogens with one attached hydrogen (secondary N) is 1. The standard InChI is InChI=1S/C20H28N6OS/c1-16-4-6-17(7-5-16)15-28-11-8-22-20(21-2)25-9-10-26(19(27)14-25)18-12-23-24(3)13-18/h4-7,12-13H,8-11,14-15H2,1-3H3,(H,21,22). The van der Waals surface area contributed by atoms with Crippen molar-refractivity contribution in [3.05, 3.63) is 47.8 Å². The molecule has 1 aliphatic heterocycles. The molecule has 0 atom stereocenters. The zero-order valence-electron chi connectivity index (χ0n) is 16.8. The van der Waals surface area contributed by atoms with E-state index in [-0.39, 0.29) is 5.91 Å². The normalized spacial score (nSPS) is 15.2. The van der Waals surface area contributed by atoms with Gasteiger partial charge in [0.25, 0.3) is 0 Å². The minimum atomic E-state index is 0.0657. The molecule has 1 fully saturated rings. The second-order valence-corrected chi connectivity index (χ2v) is 7.96. The predicted molar refractivity (Wildman–Crippen MR) is 116 cm³/mol. The van der Waals surface area contributed by atoms with Gasteiger partial charge < -0.3 is 15.1 Å². The molecule has 1 aromatic heterocycles. The molecule has 28 heavy (non-hydrogen) atoms. The lowest BCUT2D eigenvalue weighted by Gasteiger charge is -2.35. The topological polar surface area (TPSA) is 65.8 Å². The van der Waals surface area contributed by atoms with Crippen molar-refractivity contribution in [2.75, 3.05) is 43.9 Å². The first-order valence-electron chi connectivity index (χ1n) is 9.44. The number of nitrogens with zero attached hydrogens (tertiary/aromatic N) is 5. The van der Waals surface area contributed by atoms with Crippen LogP contribution in [0.25, 0.3) is 0 Å². The Labute approximate surface area is 170 Å². The first-order chi connectivity index (χ1) is 13.6. The molecule has 7 nitrogen and oxygen atoms in total. The quantitative estimate of drug-likeness (QED) is 0.456. The molecule has 0 saturated carbocycles. The number of rotatable bonds is 6. The zero-order chi connectivity index (χ0) is 19.9. The van der Waals surface area contributed by atoms with Gasteiger partial charge in [0.2, 0.25) is 5.91 Å². The molecule has 0 radical (unpaired) electrons. The predicted octanol–water partition coefficient (Wildman–Crippen LogP) is 1.89. The Morgan fingerprint density at radius 2 is 2.07 bits per heavy atom. The molecular weight excluding hydrogens is 372 g/mol. The second kappa shape index (κ2) is 9.64. The van der Waals surface area contributed by atoms with Crippen molar-refractivity contribution < 1.29 is 4.79 Å². The third-order valence-corrected chi connectivity index (χ3v) is 5.68. The summed E-state index contributed by atoms with van der Waals surface area (Å²) in [7, 11) is 3.62. The smallest absolute Gasteiger partial charge is 0.246 e. The van der Waals surface area contributed by atoms with E-state index in [9.17, 15) is 4.79 Å². The Hall–Kier alpha value is -2.48. The highest BCUT2D eigenvalue weighted by Crippen LogP contribution is 2.16. The lowest BCUT2D eigenvalue weighted by atomic mass is 10.2. The maximum absolute atomic E-state index is 12.6. The summed E-state index contributed by atoms with van der Waals surface area (Å²) >= 11 is 1.89. The second-order valence-electron chi connectivity index (χ2n) is 6.85. The van der Waals surface area contributed by atoms with Gasteiger partial charge in [-0.25, -0.2) is 0 Å². The van der Waals surface area contributed by atoms with E-state index in [1.54, 1.807) is 22.8 Å². The number of aliphatic imine (C=N–C) groups is 1. The van der Waals surface area contributed by atoms with Gasteiger partial charge in [0, 0.05) is 51.4 Å². The minimum absolute atomic E-state index is 0.0657. The van der Waals surface area contributed by atoms with Gasteiger partial charge in [-0.05, 0) is 12.5 Å². The van der Waals surface area contributed by atoms with Crippen LogP contribution in [0, 0.1) is 6.92 Å². The summed E-state index contributed by atoms with van der Waals surface area (Å²) in [6.07, 6.45) is 3.60. The van der Waals surface area contributed by atoms with E-state index in [1.807, 2.05) is 29.9 Å². The van der Waals surface area contributed by atoms with Crippen LogP contribution in [-0.2, 0) is 17.6 Å². The van der Waals surface area contributed by atoms with Gasteiger partial charge >= 0.3 is 0 Å². The third kappa shape index (κ3) is 5.28. The fourth-order valence-electron chi connectivity index (χ4n) is 3.12. The van der Waals surface area contributed by atoms with Gasteiger partial charge in [-0.15, -0.1) is 0 Å². The van der Waals surface area contributed by atoms with Gasteiger partial charge in [-0.2, -0.15) is 16.9 Å². The van der Waals surface area contributed by atoms with Gasteiger partial charge in [-0.3, -0.25) is 14.5 Å². The molecule has 3 rings (SSSR count). The number of hydrogen-bond acceptors (Lipinski definition) is 4. The Balaban J connectivity index is 1.41. The molecule has 0 bridgehead atoms. The number of hydrogen-bond donors (Lipinski definition) is 1. The number of guanidine groups is 1. The lowest BCUT2D eigenvalue weighted by molar-refractivity contribution is -0.120. The van der Waals surface area contributed by atoms with Crippen molar-refractivity contribution >= 4 is 29.3 Å². The largest absolute Gasteiger partial charge is 0.355 e. The highest BCUT2D eigenvalue weighted by Gasteiger charge is 2.27. The fraction of sp³-hybridized carbons (Fsp3) is 0.450. The molecule has 1 amide bonds. The van der Waals surface area contributed by atoms with E-state index in [0.29, 0.717) is 13.1 Å².